The van der Waals surface area contributed by atoms with E-state index in [2.05, 4.69) is 104 Å². The number of aromatic amines is 2. The second-order valence-corrected chi connectivity index (χ2v) is 10.6. The van der Waals surface area contributed by atoms with Gasteiger partial charge in [-0.15, -0.1) is 0 Å². The van der Waals surface area contributed by atoms with Crippen molar-refractivity contribution in [2.45, 2.75) is 58.8 Å². The molecule has 146 valence electrons. The van der Waals surface area contributed by atoms with Crippen molar-refractivity contribution in [3.05, 3.63) is 56.4 Å². The van der Waals surface area contributed by atoms with Crippen molar-refractivity contribution < 1.29 is 0 Å². The van der Waals surface area contributed by atoms with Crippen LogP contribution in [0.4, 0.5) is 0 Å². The van der Waals surface area contributed by atoms with E-state index in [9.17, 15) is 0 Å². The molecule has 4 nitrogen and oxygen atoms in total. The molecule has 0 bridgehead atoms. The lowest BCUT2D eigenvalue weighted by Gasteiger charge is -2.28. The normalized spacial score (nSPS) is 13.0. The average Bonchev–Trinajstić information content (AvgIpc) is 3.19. The number of aromatic nitrogens is 4. The monoisotopic (exact) mass is 486 g/mol. The summed E-state index contributed by atoms with van der Waals surface area (Å²) < 4.78 is 1.27. The molecule has 0 atom stereocenters. The van der Waals surface area contributed by atoms with E-state index < -0.39 is 0 Å². The molecule has 0 aliphatic heterocycles. The molecule has 0 spiro atoms. The van der Waals surface area contributed by atoms with Crippen molar-refractivity contribution in [3.8, 4) is 0 Å². The fraction of sp³-hybridized carbons (Fsp3) is 0.391. The van der Waals surface area contributed by atoms with E-state index in [1.807, 2.05) is 6.20 Å². The molecule has 0 fully saturated rings. The molecule has 0 saturated carbocycles. The molecule has 2 aromatic carbocycles. The summed E-state index contributed by atoms with van der Waals surface area (Å²) in [6.07, 6.45) is 2.84. The summed E-state index contributed by atoms with van der Waals surface area (Å²) in [5, 5.41) is 17.9. The maximum absolute atomic E-state index is 4.75. The van der Waals surface area contributed by atoms with Gasteiger partial charge in [0.2, 0.25) is 0 Å². The first-order valence-corrected chi connectivity index (χ1v) is 10.8. The predicted molar refractivity (Wildman–Crippen MR) is 125 cm³/mol. The van der Waals surface area contributed by atoms with Crippen molar-refractivity contribution >= 4 is 44.4 Å². The van der Waals surface area contributed by atoms with Gasteiger partial charge in [0.05, 0.1) is 17.2 Å². The minimum atomic E-state index is -0.0577. The summed E-state index contributed by atoms with van der Waals surface area (Å²) in [6, 6.07) is 8.73. The van der Waals surface area contributed by atoms with Gasteiger partial charge < -0.3 is 0 Å². The Morgan fingerprint density at radius 3 is 2.39 bits per heavy atom. The Balaban J connectivity index is 1.84. The first kappa shape index (κ1) is 19.4. The molecule has 0 radical (unpaired) electrons. The number of benzene rings is 2. The third kappa shape index (κ3) is 3.13. The van der Waals surface area contributed by atoms with Crippen molar-refractivity contribution in [1.82, 2.24) is 20.4 Å². The number of halogens is 1. The molecule has 2 heterocycles. The summed E-state index contributed by atoms with van der Waals surface area (Å²) in [7, 11) is 0. The molecule has 0 saturated heterocycles. The molecule has 0 amide bonds. The fourth-order valence-corrected chi connectivity index (χ4v) is 5.76. The third-order valence-electron chi connectivity index (χ3n) is 5.63. The Labute approximate surface area is 179 Å². The van der Waals surface area contributed by atoms with Gasteiger partial charge in [-0.3, -0.25) is 10.2 Å². The molecule has 0 unspecified atom stereocenters. The number of rotatable bonds is 3. The highest BCUT2D eigenvalue weighted by molar-refractivity contribution is 14.1. The summed E-state index contributed by atoms with van der Waals surface area (Å²) in [5.74, 6) is 0. The van der Waals surface area contributed by atoms with E-state index in [0.29, 0.717) is 0 Å². The van der Waals surface area contributed by atoms with Gasteiger partial charge in [0.15, 0.2) is 0 Å². The molecule has 0 aliphatic carbocycles. The highest BCUT2D eigenvalue weighted by Gasteiger charge is 2.29. The SMILES string of the molecule is Cc1ccc2[nH]ncc2c1C(C)(C)Cc1[nH]nc2c(C(C)(C)C)c(I)ccc12. The van der Waals surface area contributed by atoms with E-state index in [-0.39, 0.29) is 10.8 Å². The number of hydrogen-bond donors (Lipinski definition) is 2. The van der Waals surface area contributed by atoms with Gasteiger partial charge in [-0.1, -0.05) is 40.7 Å². The maximum atomic E-state index is 4.75. The average molecular weight is 486 g/mol. The maximum Gasteiger partial charge on any atom is 0.0971 e. The van der Waals surface area contributed by atoms with Crippen LogP contribution in [0.1, 0.15) is 57.0 Å². The quantitative estimate of drug-likeness (QED) is 0.341. The Morgan fingerprint density at radius 2 is 1.68 bits per heavy atom. The standard InChI is InChI=1S/C23H27IN4/c1-13-7-10-17-15(12-25-26-17)19(13)23(5,6)11-18-14-8-9-16(24)20(22(2,3)4)21(14)28-27-18/h7-10,12H,11H2,1-6H3,(H,25,26)(H,27,28). The van der Waals surface area contributed by atoms with Crippen LogP contribution in [0.15, 0.2) is 30.5 Å². The van der Waals surface area contributed by atoms with Gasteiger partial charge in [0.25, 0.3) is 0 Å². The number of nitrogens with zero attached hydrogens (tertiary/aromatic N) is 2. The molecule has 2 aromatic heterocycles. The van der Waals surface area contributed by atoms with Crippen LogP contribution in [0.5, 0.6) is 0 Å². The molecule has 5 heteroatoms. The lowest BCUT2D eigenvalue weighted by molar-refractivity contribution is 0.518. The zero-order valence-electron chi connectivity index (χ0n) is 17.4. The molecular formula is C23H27IN4. The Morgan fingerprint density at radius 1 is 0.929 bits per heavy atom. The van der Waals surface area contributed by atoms with Crippen molar-refractivity contribution in [3.63, 3.8) is 0 Å². The van der Waals surface area contributed by atoms with Gasteiger partial charge >= 0.3 is 0 Å². The van der Waals surface area contributed by atoms with E-state index in [4.69, 9.17) is 5.10 Å². The van der Waals surface area contributed by atoms with E-state index in [1.165, 1.54) is 36.7 Å². The highest BCUT2D eigenvalue weighted by Crippen LogP contribution is 2.38. The van der Waals surface area contributed by atoms with Gasteiger partial charge in [-0.2, -0.15) is 10.2 Å². The summed E-state index contributed by atoms with van der Waals surface area (Å²) in [4.78, 5) is 0. The topological polar surface area (TPSA) is 57.4 Å². The summed E-state index contributed by atoms with van der Waals surface area (Å²) >= 11 is 2.43. The molecule has 4 aromatic rings. The lowest BCUT2D eigenvalue weighted by Crippen LogP contribution is -2.22. The Bertz CT molecular complexity index is 1170. The van der Waals surface area contributed by atoms with Crippen molar-refractivity contribution in [2.24, 2.45) is 0 Å². The number of nitrogens with one attached hydrogen (secondary N) is 2. The van der Waals surface area contributed by atoms with Crippen LogP contribution >= 0.6 is 22.6 Å². The lowest BCUT2D eigenvalue weighted by atomic mass is 9.76. The van der Waals surface area contributed by atoms with Crippen LogP contribution in [-0.2, 0) is 17.3 Å². The predicted octanol–water partition coefficient (Wildman–Crippen LogP) is 6.17. The zero-order valence-corrected chi connectivity index (χ0v) is 19.5. The smallest absolute Gasteiger partial charge is 0.0971 e. The number of hydrogen-bond acceptors (Lipinski definition) is 2. The summed E-state index contributed by atoms with van der Waals surface area (Å²) in [5.41, 5.74) is 7.35. The zero-order chi connectivity index (χ0) is 20.3. The third-order valence-corrected chi connectivity index (χ3v) is 6.53. The Hall–Kier alpha value is -1.89. The van der Waals surface area contributed by atoms with Crippen LogP contribution in [-0.4, -0.2) is 20.4 Å². The van der Waals surface area contributed by atoms with Gasteiger partial charge in [-0.05, 0) is 81.7 Å². The van der Waals surface area contributed by atoms with Crippen molar-refractivity contribution in [2.75, 3.05) is 0 Å². The van der Waals surface area contributed by atoms with Crippen LogP contribution in [0.2, 0.25) is 0 Å². The fourth-order valence-electron chi connectivity index (χ4n) is 4.51. The molecule has 0 aliphatic rings. The minimum absolute atomic E-state index is 0.0526. The van der Waals surface area contributed by atoms with Crippen LogP contribution in [0, 0.1) is 10.5 Å². The second kappa shape index (κ2) is 6.58. The van der Waals surface area contributed by atoms with Crippen molar-refractivity contribution in [1.29, 1.82) is 0 Å². The first-order chi connectivity index (χ1) is 13.1. The second-order valence-electron chi connectivity index (χ2n) is 9.42. The van der Waals surface area contributed by atoms with E-state index in [1.54, 1.807) is 0 Å². The Kier molecular flexibility index (Phi) is 4.56. The highest BCUT2D eigenvalue weighted by atomic mass is 127. The number of fused-ring (bicyclic) bond motifs is 2. The molecular weight excluding hydrogens is 459 g/mol. The van der Waals surface area contributed by atoms with Crippen LogP contribution in [0.3, 0.4) is 0 Å². The van der Waals surface area contributed by atoms with Gasteiger partial charge in [0, 0.05) is 20.0 Å². The van der Waals surface area contributed by atoms with E-state index >= 15 is 0 Å². The molecule has 4 rings (SSSR count). The number of aryl methyl sites for hydroxylation is 1. The minimum Gasteiger partial charge on any atom is -0.281 e. The first-order valence-electron chi connectivity index (χ1n) is 9.69. The van der Waals surface area contributed by atoms with Crippen LogP contribution < -0.4 is 0 Å². The molecule has 2 N–H and O–H groups in total. The largest absolute Gasteiger partial charge is 0.281 e. The number of H-pyrrole nitrogens is 2. The molecule has 28 heavy (non-hydrogen) atoms. The summed E-state index contributed by atoms with van der Waals surface area (Å²) in [6.45, 7) is 13.6. The van der Waals surface area contributed by atoms with Crippen LogP contribution in [0.25, 0.3) is 21.8 Å². The van der Waals surface area contributed by atoms with E-state index in [0.717, 1.165) is 17.5 Å². The van der Waals surface area contributed by atoms with Gasteiger partial charge in [-0.25, -0.2) is 0 Å². The van der Waals surface area contributed by atoms with Gasteiger partial charge in [0.1, 0.15) is 0 Å².